The van der Waals surface area contributed by atoms with Gasteiger partial charge in [0.25, 0.3) is 0 Å². The zero-order valence-corrected chi connectivity index (χ0v) is 12.4. The number of sulfonamides is 1. The predicted octanol–water partition coefficient (Wildman–Crippen LogP) is 1.71. The summed E-state index contributed by atoms with van der Waals surface area (Å²) in [6.45, 7) is 2.97. The Labute approximate surface area is 119 Å². The lowest BCUT2D eigenvalue weighted by Crippen LogP contribution is -2.42. The Kier molecular flexibility index (Phi) is 4.78. The van der Waals surface area contributed by atoms with E-state index in [9.17, 15) is 12.8 Å². The lowest BCUT2D eigenvalue weighted by molar-refractivity contribution is 0.250. The molecule has 2 N–H and O–H groups in total. The van der Waals surface area contributed by atoms with Gasteiger partial charge in [0, 0.05) is 19.1 Å². The summed E-state index contributed by atoms with van der Waals surface area (Å²) in [5, 5.41) is 0. The van der Waals surface area contributed by atoms with Gasteiger partial charge in [-0.1, -0.05) is 12.1 Å². The van der Waals surface area contributed by atoms with E-state index in [1.165, 1.54) is 22.5 Å². The van der Waals surface area contributed by atoms with E-state index in [1.807, 2.05) is 6.92 Å². The number of piperidine rings is 1. The molecular formula is C14H21FN2O2S. The van der Waals surface area contributed by atoms with Crippen LogP contribution in [0.4, 0.5) is 4.39 Å². The van der Waals surface area contributed by atoms with E-state index in [2.05, 4.69) is 0 Å². The van der Waals surface area contributed by atoms with E-state index < -0.39 is 15.8 Å². The largest absolute Gasteiger partial charge is 0.328 e. The van der Waals surface area contributed by atoms with Gasteiger partial charge in [-0.3, -0.25) is 0 Å². The van der Waals surface area contributed by atoms with Crippen molar-refractivity contribution in [2.24, 2.45) is 11.7 Å². The minimum Gasteiger partial charge on any atom is -0.328 e. The van der Waals surface area contributed by atoms with Crippen LogP contribution in [0.15, 0.2) is 24.3 Å². The van der Waals surface area contributed by atoms with Crippen LogP contribution in [0.25, 0.3) is 0 Å². The van der Waals surface area contributed by atoms with Crippen LogP contribution in [0, 0.1) is 11.7 Å². The molecule has 0 aliphatic carbocycles. The van der Waals surface area contributed by atoms with E-state index >= 15 is 0 Å². The van der Waals surface area contributed by atoms with Crippen LogP contribution in [0.2, 0.25) is 0 Å². The number of rotatable bonds is 4. The number of nitrogens with two attached hydrogens (primary N) is 1. The molecule has 1 aromatic rings. The van der Waals surface area contributed by atoms with E-state index in [0.717, 1.165) is 12.8 Å². The maximum absolute atomic E-state index is 13.1. The van der Waals surface area contributed by atoms with E-state index in [4.69, 9.17) is 5.73 Å². The summed E-state index contributed by atoms with van der Waals surface area (Å²) in [4.78, 5) is 0. The first-order valence-corrected chi connectivity index (χ1v) is 8.47. The molecule has 4 nitrogen and oxygen atoms in total. The topological polar surface area (TPSA) is 63.4 Å². The predicted molar refractivity (Wildman–Crippen MR) is 77.0 cm³/mol. The Morgan fingerprint density at radius 2 is 2.05 bits per heavy atom. The van der Waals surface area contributed by atoms with Crippen LogP contribution < -0.4 is 5.73 Å². The summed E-state index contributed by atoms with van der Waals surface area (Å²) in [5.74, 6) is -0.169. The lowest BCUT2D eigenvalue weighted by Gasteiger charge is -2.32. The Bertz CT molecular complexity index is 552. The van der Waals surface area contributed by atoms with Gasteiger partial charge >= 0.3 is 0 Å². The molecule has 1 heterocycles. The van der Waals surface area contributed by atoms with Gasteiger partial charge in [-0.2, -0.15) is 0 Å². The molecule has 2 rings (SSSR count). The molecule has 1 unspecified atom stereocenters. The second-order valence-electron chi connectivity index (χ2n) is 5.48. The number of hydrogen-bond donors (Lipinski definition) is 1. The molecule has 1 aliphatic heterocycles. The van der Waals surface area contributed by atoms with Gasteiger partial charge in [0.15, 0.2) is 0 Å². The minimum absolute atomic E-state index is 0.100. The SMILES string of the molecule is CC(N)C1CCN(S(=O)(=O)Cc2cccc(F)c2)CC1. The molecule has 0 saturated carbocycles. The van der Waals surface area contributed by atoms with E-state index in [1.54, 1.807) is 6.07 Å². The molecule has 1 aromatic carbocycles. The summed E-state index contributed by atoms with van der Waals surface area (Å²) in [6.07, 6.45) is 1.58. The summed E-state index contributed by atoms with van der Waals surface area (Å²) < 4.78 is 39.2. The molecule has 1 saturated heterocycles. The first-order valence-electron chi connectivity index (χ1n) is 6.86. The van der Waals surface area contributed by atoms with Crippen molar-refractivity contribution in [2.75, 3.05) is 13.1 Å². The number of nitrogens with zero attached hydrogens (tertiary/aromatic N) is 1. The molecule has 1 atom stereocenters. The highest BCUT2D eigenvalue weighted by atomic mass is 32.2. The molecule has 1 aliphatic rings. The number of hydrogen-bond acceptors (Lipinski definition) is 3. The second-order valence-corrected chi connectivity index (χ2v) is 7.45. The molecule has 0 aromatic heterocycles. The van der Waals surface area contributed by atoms with Crippen LogP contribution in [0.3, 0.4) is 0 Å². The third-order valence-electron chi connectivity index (χ3n) is 3.87. The first kappa shape index (κ1) is 15.4. The van der Waals surface area contributed by atoms with Crippen molar-refractivity contribution < 1.29 is 12.8 Å². The molecule has 6 heteroatoms. The van der Waals surface area contributed by atoms with Crippen molar-refractivity contribution >= 4 is 10.0 Å². The van der Waals surface area contributed by atoms with Gasteiger partial charge in [-0.05, 0) is 43.4 Å². The zero-order valence-electron chi connectivity index (χ0n) is 11.6. The maximum Gasteiger partial charge on any atom is 0.218 e. The fraction of sp³-hybridized carbons (Fsp3) is 0.571. The Morgan fingerprint density at radius 3 is 2.60 bits per heavy atom. The van der Waals surface area contributed by atoms with Crippen LogP contribution in [0.1, 0.15) is 25.3 Å². The standard InChI is InChI=1S/C14H21FN2O2S/c1-11(16)13-5-7-17(8-6-13)20(18,19)10-12-3-2-4-14(15)9-12/h2-4,9,11,13H,5-8,10,16H2,1H3. The van der Waals surface area contributed by atoms with E-state index in [0.29, 0.717) is 24.6 Å². The minimum atomic E-state index is -3.38. The highest BCUT2D eigenvalue weighted by Gasteiger charge is 2.29. The Hall–Kier alpha value is -0.980. The molecule has 1 fully saturated rings. The highest BCUT2D eigenvalue weighted by molar-refractivity contribution is 7.88. The summed E-state index contributed by atoms with van der Waals surface area (Å²) in [7, 11) is -3.38. The average molecular weight is 300 g/mol. The van der Waals surface area contributed by atoms with Crippen molar-refractivity contribution in [2.45, 2.75) is 31.6 Å². The molecule has 20 heavy (non-hydrogen) atoms. The Balaban J connectivity index is 2.01. The molecule has 112 valence electrons. The second kappa shape index (κ2) is 6.20. The van der Waals surface area contributed by atoms with Crippen LogP contribution in [0.5, 0.6) is 0 Å². The van der Waals surface area contributed by atoms with Crippen molar-refractivity contribution in [3.8, 4) is 0 Å². The zero-order chi connectivity index (χ0) is 14.8. The van der Waals surface area contributed by atoms with E-state index in [-0.39, 0.29) is 11.8 Å². The smallest absolute Gasteiger partial charge is 0.218 e. The third-order valence-corrected chi connectivity index (χ3v) is 5.72. The third kappa shape index (κ3) is 3.77. The van der Waals surface area contributed by atoms with Crippen LogP contribution in [-0.4, -0.2) is 31.9 Å². The van der Waals surface area contributed by atoms with Gasteiger partial charge in [-0.25, -0.2) is 17.1 Å². The fourth-order valence-corrected chi connectivity index (χ4v) is 4.16. The molecule has 0 amide bonds. The Morgan fingerprint density at radius 1 is 1.40 bits per heavy atom. The summed E-state index contributed by atoms with van der Waals surface area (Å²) in [5.41, 5.74) is 6.34. The van der Waals surface area contributed by atoms with Gasteiger partial charge in [-0.15, -0.1) is 0 Å². The maximum atomic E-state index is 13.1. The monoisotopic (exact) mass is 300 g/mol. The van der Waals surface area contributed by atoms with Gasteiger partial charge in [0.05, 0.1) is 5.75 Å². The van der Waals surface area contributed by atoms with Crippen molar-refractivity contribution in [1.29, 1.82) is 0 Å². The number of benzene rings is 1. The number of halogens is 1. The molecule has 0 radical (unpaired) electrons. The highest BCUT2D eigenvalue weighted by Crippen LogP contribution is 2.23. The van der Waals surface area contributed by atoms with Crippen molar-refractivity contribution in [1.82, 2.24) is 4.31 Å². The fourth-order valence-electron chi connectivity index (χ4n) is 2.61. The first-order chi connectivity index (χ1) is 9.38. The van der Waals surface area contributed by atoms with Crippen molar-refractivity contribution in [3.05, 3.63) is 35.6 Å². The van der Waals surface area contributed by atoms with Gasteiger partial charge in [0.1, 0.15) is 5.82 Å². The quantitative estimate of drug-likeness (QED) is 0.921. The van der Waals surface area contributed by atoms with Crippen molar-refractivity contribution in [3.63, 3.8) is 0 Å². The summed E-state index contributed by atoms with van der Waals surface area (Å²) in [6, 6.07) is 5.84. The van der Waals surface area contributed by atoms with Gasteiger partial charge in [0.2, 0.25) is 10.0 Å². The van der Waals surface area contributed by atoms with Crippen LogP contribution in [-0.2, 0) is 15.8 Å². The molecule has 0 spiro atoms. The van der Waals surface area contributed by atoms with Gasteiger partial charge < -0.3 is 5.73 Å². The normalized spacial score (nSPS) is 19.9. The lowest BCUT2D eigenvalue weighted by atomic mass is 9.92. The molecule has 0 bridgehead atoms. The molecular weight excluding hydrogens is 279 g/mol. The average Bonchev–Trinajstić information content (AvgIpc) is 2.38. The van der Waals surface area contributed by atoms with Crippen LogP contribution >= 0.6 is 0 Å². The summed E-state index contributed by atoms with van der Waals surface area (Å²) >= 11 is 0.